The molecular weight excluding hydrogens is 248 g/mol. The second kappa shape index (κ2) is 5.12. The van der Waals surface area contributed by atoms with E-state index in [9.17, 15) is 5.11 Å². The fourth-order valence-corrected chi connectivity index (χ4v) is 2.08. The highest BCUT2D eigenvalue weighted by molar-refractivity contribution is 6.30. The third kappa shape index (κ3) is 2.57. The van der Waals surface area contributed by atoms with Gasteiger partial charge in [-0.15, -0.1) is 0 Å². The smallest absolute Gasteiger partial charge is 0.158 e. The Balaban J connectivity index is 2.39. The molecule has 0 bridgehead atoms. The first kappa shape index (κ1) is 13.1. The van der Waals surface area contributed by atoms with E-state index < -0.39 is 6.23 Å². The molecule has 0 aliphatic heterocycles. The van der Waals surface area contributed by atoms with Gasteiger partial charge in [0, 0.05) is 22.7 Å². The lowest BCUT2D eigenvalue weighted by Gasteiger charge is -2.17. The Labute approximate surface area is 112 Å². The fourth-order valence-electron chi connectivity index (χ4n) is 1.95. The second-order valence-electron chi connectivity index (χ2n) is 4.73. The zero-order chi connectivity index (χ0) is 13.3. The van der Waals surface area contributed by atoms with Gasteiger partial charge in [0.25, 0.3) is 0 Å². The van der Waals surface area contributed by atoms with Crippen LogP contribution in [0.1, 0.15) is 43.1 Å². The molecule has 0 radical (unpaired) electrons. The van der Waals surface area contributed by atoms with E-state index in [-0.39, 0.29) is 5.92 Å². The summed E-state index contributed by atoms with van der Waals surface area (Å²) in [6.07, 6.45) is 1.15. The van der Waals surface area contributed by atoms with Crippen molar-refractivity contribution in [3.8, 4) is 0 Å². The third-order valence-electron chi connectivity index (χ3n) is 2.83. The highest BCUT2D eigenvalue weighted by Crippen LogP contribution is 2.23. The molecule has 0 saturated heterocycles. The zero-order valence-electron chi connectivity index (χ0n) is 10.8. The number of nitrogens with zero attached hydrogens (tertiary/aromatic N) is 2. The number of benzene rings is 1. The first-order valence-corrected chi connectivity index (χ1v) is 6.35. The zero-order valence-corrected chi connectivity index (χ0v) is 11.5. The summed E-state index contributed by atoms with van der Waals surface area (Å²) in [7, 11) is 0. The predicted octanol–water partition coefficient (Wildman–Crippen LogP) is 3.51. The van der Waals surface area contributed by atoms with Gasteiger partial charge in [-0.3, -0.25) is 0 Å². The lowest BCUT2D eigenvalue weighted by atomic mass is 10.1. The SMILES string of the molecule is Cc1cn(C(O)c2ccc(Cl)cc2)c(C(C)C)n1. The molecule has 4 heteroatoms. The molecule has 96 valence electrons. The van der Waals surface area contributed by atoms with Gasteiger partial charge < -0.3 is 9.67 Å². The van der Waals surface area contributed by atoms with Crippen LogP contribution in [0, 0.1) is 6.92 Å². The van der Waals surface area contributed by atoms with Crippen LogP contribution < -0.4 is 0 Å². The summed E-state index contributed by atoms with van der Waals surface area (Å²) in [6.45, 7) is 6.05. The van der Waals surface area contributed by atoms with E-state index in [0.29, 0.717) is 5.02 Å². The molecule has 0 spiro atoms. The molecule has 1 N–H and O–H groups in total. The van der Waals surface area contributed by atoms with Crippen molar-refractivity contribution >= 4 is 11.6 Å². The summed E-state index contributed by atoms with van der Waals surface area (Å²) >= 11 is 5.85. The van der Waals surface area contributed by atoms with Crippen LogP contribution in [0.15, 0.2) is 30.5 Å². The maximum atomic E-state index is 10.4. The molecule has 1 heterocycles. The van der Waals surface area contributed by atoms with Crippen LogP contribution in [0.4, 0.5) is 0 Å². The standard InChI is InChI=1S/C14H17ClN2O/c1-9(2)13-16-10(3)8-17(13)14(18)11-4-6-12(15)7-5-11/h4-9,14,18H,1-3H3. The molecular formula is C14H17ClN2O. The van der Waals surface area contributed by atoms with Gasteiger partial charge in [-0.1, -0.05) is 37.6 Å². The Bertz CT molecular complexity index is 531. The molecule has 2 rings (SSSR count). The van der Waals surface area contributed by atoms with Crippen LogP contribution in [-0.2, 0) is 0 Å². The van der Waals surface area contributed by atoms with E-state index in [1.807, 2.05) is 29.8 Å². The van der Waals surface area contributed by atoms with Crippen molar-refractivity contribution < 1.29 is 5.11 Å². The fraction of sp³-hybridized carbons (Fsp3) is 0.357. The summed E-state index contributed by atoms with van der Waals surface area (Å²) in [5.74, 6) is 1.15. The summed E-state index contributed by atoms with van der Waals surface area (Å²) in [5.41, 5.74) is 1.71. The van der Waals surface area contributed by atoms with Crippen LogP contribution in [0.5, 0.6) is 0 Å². The summed E-state index contributed by atoms with van der Waals surface area (Å²) in [6, 6.07) is 7.21. The molecule has 2 aromatic rings. The number of aryl methyl sites for hydroxylation is 1. The predicted molar refractivity (Wildman–Crippen MR) is 72.9 cm³/mol. The van der Waals surface area contributed by atoms with E-state index in [1.165, 1.54) is 0 Å². The van der Waals surface area contributed by atoms with Crippen molar-refractivity contribution in [2.75, 3.05) is 0 Å². The minimum absolute atomic E-state index is 0.264. The normalized spacial score (nSPS) is 13.0. The number of hydrogen-bond donors (Lipinski definition) is 1. The molecule has 0 amide bonds. The Morgan fingerprint density at radius 2 is 1.83 bits per heavy atom. The number of aliphatic hydroxyl groups is 1. The highest BCUT2D eigenvalue weighted by Gasteiger charge is 2.17. The first-order chi connectivity index (χ1) is 8.49. The molecule has 1 atom stereocenters. The number of hydrogen-bond acceptors (Lipinski definition) is 2. The van der Waals surface area contributed by atoms with Gasteiger partial charge >= 0.3 is 0 Å². The lowest BCUT2D eigenvalue weighted by molar-refractivity contribution is 0.141. The number of rotatable bonds is 3. The van der Waals surface area contributed by atoms with Gasteiger partial charge in [-0.05, 0) is 19.1 Å². The van der Waals surface area contributed by atoms with Crippen molar-refractivity contribution in [1.29, 1.82) is 0 Å². The lowest BCUT2D eigenvalue weighted by Crippen LogP contribution is -2.13. The van der Waals surface area contributed by atoms with Crippen molar-refractivity contribution in [3.05, 3.63) is 52.6 Å². The van der Waals surface area contributed by atoms with Gasteiger partial charge in [0.2, 0.25) is 0 Å². The third-order valence-corrected chi connectivity index (χ3v) is 3.08. The van der Waals surface area contributed by atoms with Gasteiger partial charge in [-0.2, -0.15) is 0 Å². The highest BCUT2D eigenvalue weighted by atomic mass is 35.5. The Morgan fingerprint density at radius 3 is 2.39 bits per heavy atom. The van der Waals surface area contributed by atoms with Crippen molar-refractivity contribution in [2.45, 2.75) is 32.9 Å². The summed E-state index contributed by atoms with van der Waals surface area (Å²) < 4.78 is 1.81. The summed E-state index contributed by atoms with van der Waals surface area (Å²) in [4.78, 5) is 4.45. The largest absolute Gasteiger partial charge is 0.369 e. The van der Waals surface area contributed by atoms with Gasteiger partial charge in [-0.25, -0.2) is 4.98 Å². The molecule has 18 heavy (non-hydrogen) atoms. The van der Waals surface area contributed by atoms with Crippen LogP contribution in [0.3, 0.4) is 0 Å². The van der Waals surface area contributed by atoms with Crippen LogP contribution >= 0.6 is 11.6 Å². The number of halogens is 1. The molecule has 3 nitrogen and oxygen atoms in total. The number of aliphatic hydroxyl groups excluding tert-OH is 1. The average molecular weight is 265 g/mol. The molecule has 0 saturated carbocycles. The van der Waals surface area contributed by atoms with Gasteiger partial charge in [0.05, 0.1) is 5.69 Å². The minimum atomic E-state index is -0.721. The van der Waals surface area contributed by atoms with Crippen LogP contribution in [0.2, 0.25) is 5.02 Å². The second-order valence-corrected chi connectivity index (χ2v) is 5.16. The Hall–Kier alpha value is -1.32. The maximum absolute atomic E-state index is 10.4. The quantitative estimate of drug-likeness (QED) is 0.921. The molecule has 0 aliphatic carbocycles. The molecule has 0 aliphatic rings. The molecule has 0 fully saturated rings. The molecule has 1 unspecified atom stereocenters. The summed E-state index contributed by atoms with van der Waals surface area (Å²) in [5, 5.41) is 11.1. The van der Waals surface area contributed by atoms with E-state index in [0.717, 1.165) is 17.1 Å². The number of aromatic nitrogens is 2. The minimum Gasteiger partial charge on any atom is -0.369 e. The average Bonchev–Trinajstić information content (AvgIpc) is 2.71. The van der Waals surface area contributed by atoms with Crippen LogP contribution in [-0.4, -0.2) is 14.7 Å². The Morgan fingerprint density at radius 1 is 1.22 bits per heavy atom. The Kier molecular flexibility index (Phi) is 3.73. The topological polar surface area (TPSA) is 38.0 Å². The maximum Gasteiger partial charge on any atom is 0.158 e. The molecule has 1 aromatic heterocycles. The van der Waals surface area contributed by atoms with Crippen molar-refractivity contribution in [1.82, 2.24) is 9.55 Å². The van der Waals surface area contributed by atoms with Crippen LogP contribution in [0.25, 0.3) is 0 Å². The van der Waals surface area contributed by atoms with E-state index in [1.54, 1.807) is 12.1 Å². The first-order valence-electron chi connectivity index (χ1n) is 5.98. The molecule has 1 aromatic carbocycles. The van der Waals surface area contributed by atoms with Crippen molar-refractivity contribution in [3.63, 3.8) is 0 Å². The van der Waals surface area contributed by atoms with Gasteiger partial charge in [0.1, 0.15) is 5.82 Å². The van der Waals surface area contributed by atoms with E-state index in [2.05, 4.69) is 18.8 Å². The number of imidazole rings is 1. The van der Waals surface area contributed by atoms with Crippen molar-refractivity contribution in [2.24, 2.45) is 0 Å². The van der Waals surface area contributed by atoms with E-state index in [4.69, 9.17) is 11.6 Å². The van der Waals surface area contributed by atoms with E-state index >= 15 is 0 Å². The van der Waals surface area contributed by atoms with Gasteiger partial charge in [0.15, 0.2) is 6.23 Å². The monoisotopic (exact) mass is 264 g/mol.